The van der Waals surface area contributed by atoms with E-state index in [2.05, 4.69) is 21.0 Å². The van der Waals surface area contributed by atoms with Crippen LogP contribution in [-0.4, -0.2) is 51.7 Å². The molecule has 1 aliphatic rings. The van der Waals surface area contributed by atoms with Gasteiger partial charge < -0.3 is 4.90 Å². The van der Waals surface area contributed by atoms with Crippen LogP contribution in [0.5, 0.6) is 0 Å². The quantitative estimate of drug-likeness (QED) is 0.650. The lowest BCUT2D eigenvalue weighted by atomic mass is 10.1. The van der Waals surface area contributed by atoms with Gasteiger partial charge in [0.25, 0.3) is 5.91 Å². The zero-order valence-corrected chi connectivity index (χ0v) is 16.3. The van der Waals surface area contributed by atoms with Crippen LogP contribution in [-0.2, 0) is 19.8 Å². The lowest BCUT2D eigenvalue weighted by molar-refractivity contribution is -0.142. The Morgan fingerprint density at radius 3 is 2.39 bits per heavy atom. The molecule has 1 aromatic carbocycles. The normalized spacial score (nSPS) is 15.9. The number of aryl methyl sites for hydroxylation is 1. The van der Waals surface area contributed by atoms with Gasteiger partial charge in [-0.25, -0.2) is 8.78 Å². The molecule has 0 atom stereocenters. The maximum Gasteiger partial charge on any atom is 0.436 e. The van der Waals surface area contributed by atoms with Gasteiger partial charge >= 0.3 is 6.18 Å². The average molecular weight is 467 g/mol. The van der Waals surface area contributed by atoms with Crippen LogP contribution in [0.4, 0.5) is 22.0 Å². The second-order valence-corrected chi connectivity index (χ2v) is 7.21. The summed E-state index contributed by atoms with van der Waals surface area (Å²) in [7, 11) is 1.27. The monoisotopic (exact) mass is 466 g/mol. The molecular weight excluding hydrogens is 451 g/mol. The van der Waals surface area contributed by atoms with Crippen LogP contribution in [0.3, 0.4) is 0 Å². The van der Waals surface area contributed by atoms with Crippen LogP contribution in [0.25, 0.3) is 0 Å². The van der Waals surface area contributed by atoms with Crippen molar-refractivity contribution in [3.8, 4) is 0 Å². The van der Waals surface area contributed by atoms with Crippen LogP contribution >= 0.6 is 15.9 Å². The molecule has 0 spiro atoms. The van der Waals surface area contributed by atoms with E-state index in [9.17, 15) is 26.7 Å². The summed E-state index contributed by atoms with van der Waals surface area (Å²) in [6, 6.07) is 3.95. The van der Waals surface area contributed by atoms with Crippen molar-refractivity contribution in [2.75, 3.05) is 26.2 Å². The number of alkyl halides is 3. The molecule has 152 valence electrons. The Hall–Kier alpha value is -2.01. The van der Waals surface area contributed by atoms with E-state index >= 15 is 0 Å². The predicted molar refractivity (Wildman–Crippen MR) is 93.4 cm³/mol. The third kappa shape index (κ3) is 4.04. The number of aromatic nitrogens is 2. The first-order chi connectivity index (χ1) is 13.1. The zero-order valence-electron chi connectivity index (χ0n) is 14.7. The number of hydrogen-bond acceptors (Lipinski definition) is 3. The number of nitrogens with zero attached hydrogens (tertiary/aromatic N) is 4. The maximum atomic E-state index is 13.8. The highest BCUT2D eigenvalue weighted by atomic mass is 79.9. The van der Waals surface area contributed by atoms with Crippen molar-refractivity contribution in [2.24, 2.45) is 7.05 Å². The van der Waals surface area contributed by atoms with E-state index in [4.69, 9.17) is 0 Å². The summed E-state index contributed by atoms with van der Waals surface area (Å²) in [5.74, 6) is -2.40. The second-order valence-electron chi connectivity index (χ2n) is 6.41. The Morgan fingerprint density at radius 1 is 1.18 bits per heavy atom. The summed E-state index contributed by atoms with van der Waals surface area (Å²) in [6.07, 6.45) is -4.68. The first-order valence-corrected chi connectivity index (χ1v) is 9.13. The zero-order chi connectivity index (χ0) is 20.6. The van der Waals surface area contributed by atoms with Crippen molar-refractivity contribution in [2.45, 2.75) is 12.7 Å². The molecule has 11 heteroatoms. The van der Waals surface area contributed by atoms with Gasteiger partial charge in [-0.1, -0.05) is 12.1 Å². The number of rotatable bonds is 3. The number of carbonyl (C=O) groups is 1. The highest BCUT2D eigenvalue weighted by molar-refractivity contribution is 9.10. The standard InChI is InChI=1S/C17H16BrF5N4O/c1-25-14(12(18)15(24-25)17(21,22)23)16(28)27-7-5-26(6-8-27)9-10-3-2-4-11(19)13(10)20/h2-4H,5-9H2,1H3. The van der Waals surface area contributed by atoms with Crippen LogP contribution in [0, 0.1) is 11.6 Å². The number of carbonyl (C=O) groups excluding carboxylic acids is 1. The lowest BCUT2D eigenvalue weighted by Crippen LogP contribution is -2.48. The first-order valence-electron chi connectivity index (χ1n) is 8.33. The Balaban J connectivity index is 1.68. The van der Waals surface area contributed by atoms with Crippen molar-refractivity contribution >= 4 is 21.8 Å². The van der Waals surface area contributed by atoms with Gasteiger partial charge in [-0.05, 0) is 22.0 Å². The van der Waals surface area contributed by atoms with Crippen molar-refractivity contribution < 1.29 is 26.7 Å². The third-order valence-corrected chi connectivity index (χ3v) is 5.30. The minimum Gasteiger partial charge on any atom is -0.335 e. The van der Waals surface area contributed by atoms with Gasteiger partial charge in [-0.2, -0.15) is 18.3 Å². The summed E-state index contributed by atoms with van der Waals surface area (Å²) >= 11 is 2.84. The third-order valence-electron chi connectivity index (χ3n) is 4.55. The molecule has 0 bridgehead atoms. The van der Waals surface area contributed by atoms with E-state index < -0.39 is 33.9 Å². The molecule has 0 N–H and O–H groups in total. The number of piperazine rings is 1. The molecule has 5 nitrogen and oxygen atoms in total. The Labute approximate surface area is 165 Å². The van der Waals surface area contributed by atoms with Crippen molar-refractivity contribution in [1.29, 1.82) is 0 Å². The highest BCUT2D eigenvalue weighted by Gasteiger charge is 2.40. The van der Waals surface area contributed by atoms with Gasteiger partial charge in [0.05, 0.1) is 4.47 Å². The fourth-order valence-corrected chi connectivity index (χ4v) is 3.81. The molecule has 0 saturated carbocycles. The van der Waals surface area contributed by atoms with Gasteiger partial charge in [-0.3, -0.25) is 14.4 Å². The summed E-state index contributed by atoms with van der Waals surface area (Å²) in [6.45, 7) is 1.43. The summed E-state index contributed by atoms with van der Waals surface area (Å²) in [5, 5.41) is 3.40. The number of amides is 1. The Morgan fingerprint density at radius 2 is 1.82 bits per heavy atom. The summed E-state index contributed by atoms with van der Waals surface area (Å²) in [4.78, 5) is 16.0. The SMILES string of the molecule is Cn1nc(C(F)(F)F)c(Br)c1C(=O)N1CCN(Cc2cccc(F)c2F)CC1. The van der Waals surface area contributed by atoms with Crippen LogP contribution in [0.2, 0.25) is 0 Å². The van der Waals surface area contributed by atoms with Crippen LogP contribution in [0.15, 0.2) is 22.7 Å². The molecule has 1 amide bonds. The predicted octanol–water partition coefficient (Wildman–Crippen LogP) is 3.44. The van der Waals surface area contributed by atoms with Gasteiger partial charge in [-0.15, -0.1) is 0 Å². The van der Waals surface area contributed by atoms with Gasteiger partial charge in [0.1, 0.15) is 5.69 Å². The van der Waals surface area contributed by atoms with E-state index in [0.717, 1.165) is 10.7 Å². The second kappa shape index (κ2) is 7.78. The van der Waals surface area contributed by atoms with E-state index in [1.807, 2.05) is 4.90 Å². The molecule has 0 unspecified atom stereocenters. The molecule has 1 saturated heterocycles. The molecule has 1 aromatic heterocycles. The van der Waals surface area contributed by atoms with E-state index in [-0.39, 0.29) is 30.9 Å². The van der Waals surface area contributed by atoms with Gasteiger partial charge in [0.15, 0.2) is 17.3 Å². The molecule has 0 aliphatic carbocycles. The van der Waals surface area contributed by atoms with Crippen molar-refractivity contribution in [3.05, 3.63) is 51.3 Å². The summed E-state index contributed by atoms with van der Waals surface area (Å²) in [5.41, 5.74) is -1.13. The fraction of sp³-hybridized carbons (Fsp3) is 0.412. The number of benzene rings is 1. The smallest absolute Gasteiger partial charge is 0.335 e. The highest BCUT2D eigenvalue weighted by Crippen LogP contribution is 2.36. The van der Waals surface area contributed by atoms with E-state index in [0.29, 0.717) is 13.1 Å². The molecule has 2 aromatic rings. The fourth-order valence-electron chi connectivity index (χ4n) is 3.08. The number of halogens is 6. The minimum atomic E-state index is -4.68. The average Bonchev–Trinajstić information content (AvgIpc) is 2.94. The molecule has 2 heterocycles. The maximum absolute atomic E-state index is 13.8. The van der Waals surface area contributed by atoms with E-state index in [1.165, 1.54) is 24.1 Å². The molecular formula is C17H16BrF5N4O. The topological polar surface area (TPSA) is 41.4 Å². The lowest BCUT2D eigenvalue weighted by Gasteiger charge is -2.34. The van der Waals surface area contributed by atoms with Crippen molar-refractivity contribution in [1.82, 2.24) is 19.6 Å². The molecule has 3 rings (SSSR count). The van der Waals surface area contributed by atoms with Crippen LogP contribution < -0.4 is 0 Å². The molecule has 1 aliphatic heterocycles. The van der Waals surface area contributed by atoms with Gasteiger partial charge in [0, 0.05) is 45.3 Å². The largest absolute Gasteiger partial charge is 0.436 e. The molecule has 28 heavy (non-hydrogen) atoms. The first kappa shape index (κ1) is 20.7. The van der Waals surface area contributed by atoms with Crippen LogP contribution in [0.1, 0.15) is 21.7 Å². The van der Waals surface area contributed by atoms with Crippen molar-refractivity contribution in [3.63, 3.8) is 0 Å². The minimum absolute atomic E-state index is 0.180. The Bertz CT molecular complexity index is 890. The molecule has 0 radical (unpaired) electrons. The molecule has 1 fully saturated rings. The number of hydrogen-bond donors (Lipinski definition) is 0. The van der Waals surface area contributed by atoms with E-state index in [1.54, 1.807) is 0 Å². The van der Waals surface area contributed by atoms with Gasteiger partial charge in [0.2, 0.25) is 0 Å². The Kier molecular flexibility index (Phi) is 5.76. The summed E-state index contributed by atoms with van der Waals surface area (Å²) < 4.78 is 66.5.